The van der Waals surface area contributed by atoms with Crippen molar-refractivity contribution in [2.45, 2.75) is 19.3 Å². The highest BCUT2D eigenvalue weighted by atomic mass is 16.3. The largest absolute Gasteiger partial charge is 0.396 e. The summed E-state index contributed by atoms with van der Waals surface area (Å²) < 4.78 is 1.17. The molecule has 1 fully saturated rings. The van der Waals surface area contributed by atoms with Crippen LogP contribution in [0.3, 0.4) is 0 Å². The summed E-state index contributed by atoms with van der Waals surface area (Å²) >= 11 is 0. The van der Waals surface area contributed by atoms with E-state index in [9.17, 15) is 19.5 Å². The molecule has 0 aromatic carbocycles. The number of carbonyl (C=O) groups excluding carboxylic acids is 1. The van der Waals surface area contributed by atoms with E-state index in [1.807, 2.05) is 0 Å². The molecule has 1 amide bonds. The third-order valence-electron chi connectivity index (χ3n) is 4.20. The lowest BCUT2D eigenvalue weighted by atomic mass is 9.77. The molecule has 1 aliphatic heterocycles. The van der Waals surface area contributed by atoms with E-state index in [1.54, 1.807) is 11.0 Å². The topological polar surface area (TPSA) is 95.4 Å². The number of aromatic nitrogens is 2. The lowest BCUT2D eigenvalue weighted by Gasteiger charge is -2.41. The van der Waals surface area contributed by atoms with Crippen molar-refractivity contribution in [3.05, 3.63) is 45.3 Å². The minimum Gasteiger partial charge on any atom is -0.396 e. The van der Waals surface area contributed by atoms with Gasteiger partial charge in [0.1, 0.15) is 5.56 Å². The average molecular weight is 307 g/mol. The number of nitrogens with one attached hydrogen (secondary N) is 1. The van der Waals surface area contributed by atoms with Gasteiger partial charge >= 0.3 is 5.69 Å². The molecule has 2 rings (SSSR count). The maximum absolute atomic E-state index is 12.6. The molecular weight excluding hydrogens is 286 g/mol. The molecule has 7 heteroatoms. The van der Waals surface area contributed by atoms with E-state index in [1.165, 1.54) is 17.8 Å². The highest BCUT2D eigenvalue weighted by Gasteiger charge is 2.36. The van der Waals surface area contributed by atoms with Crippen LogP contribution in [0.5, 0.6) is 0 Å². The second-order valence-corrected chi connectivity index (χ2v) is 5.89. The van der Waals surface area contributed by atoms with Crippen molar-refractivity contribution < 1.29 is 9.90 Å². The van der Waals surface area contributed by atoms with Crippen LogP contribution in [0.1, 0.15) is 29.6 Å². The van der Waals surface area contributed by atoms with Gasteiger partial charge in [-0.05, 0) is 19.3 Å². The predicted octanol–water partition coefficient (Wildman–Crippen LogP) is -0.136. The highest BCUT2D eigenvalue weighted by molar-refractivity contribution is 5.93. The molecule has 120 valence electrons. The summed E-state index contributed by atoms with van der Waals surface area (Å²) in [6.07, 6.45) is 5.17. The van der Waals surface area contributed by atoms with Gasteiger partial charge in [0.05, 0.1) is 6.61 Å². The Kier molecular flexibility index (Phi) is 4.65. The Morgan fingerprint density at radius 2 is 2.27 bits per heavy atom. The SMILES string of the molecule is C=CC[C@]1(CO)CCCN(C(=O)c2cn(C)c(=O)[nH]c2=O)C1. The van der Waals surface area contributed by atoms with Crippen molar-refractivity contribution in [1.82, 2.24) is 14.5 Å². The van der Waals surface area contributed by atoms with Crippen molar-refractivity contribution in [3.8, 4) is 0 Å². The number of rotatable bonds is 4. The van der Waals surface area contributed by atoms with Gasteiger partial charge in [0.15, 0.2) is 0 Å². The third-order valence-corrected chi connectivity index (χ3v) is 4.20. The zero-order chi connectivity index (χ0) is 16.3. The van der Waals surface area contributed by atoms with Gasteiger partial charge in [-0.15, -0.1) is 6.58 Å². The smallest absolute Gasteiger partial charge is 0.328 e. The summed E-state index contributed by atoms with van der Waals surface area (Å²) in [5.41, 5.74) is -1.70. The molecule has 1 aromatic rings. The fourth-order valence-corrected chi connectivity index (χ4v) is 2.93. The summed E-state index contributed by atoms with van der Waals surface area (Å²) in [4.78, 5) is 39.5. The quantitative estimate of drug-likeness (QED) is 0.757. The zero-order valence-electron chi connectivity index (χ0n) is 12.7. The monoisotopic (exact) mass is 307 g/mol. The van der Waals surface area contributed by atoms with E-state index in [4.69, 9.17) is 0 Å². The molecular formula is C15H21N3O4. The highest BCUT2D eigenvalue weighted by Crippen LogP contribution is 2.33. The summed E-state index contributed by atoms with van der Waals surface area (Å²) in [6, 6.07) is 0. The first-order valence-electron chi connectivity index (χ1n) is 7.23. The maximum Gasteiger partial charge on any atom is 0.328 e. The Labute approximate surface area is 127 Å². The van der Waals surface area contributed by atoms with Gasteiger partial charge in [-0.25, -0.2) is 4.79 Å². The number of H-pyrrole nitrogens is 1. The molecule has 0 spiro atoms. The Hall–Kier alpha value is -2.15. The maximum atomic E-state index is 12.6. The van der Waals surface area contributed by atoms with Crippen molar-refractivity contribution in [3.63, 3.8) is 0 Å². The normalized spacial score (nSPS) is 21.6. The number of amides is 1. The Morgan fingerprint density at radius 1 is 1.55 bits per heavy atom. The minimum absolute atomic E-state index is 0.0353. The summed E-state index contributed by atoms with van der Waals surface area (Å²) in [5.74, 6) is -0.418. The molecule has 22 heavy (non-hydrogen) atoms. The molecule has 2 heterocycles. The van der Waals surface area contributed by atoms with Gasteiger partial charge in [-0.3, -0.25) is 14.6 Å². The van der Waals surface area contributed by atoms with Crippen LogP contribution < -0.4 is 11.2 Å². The van der Waals surface area contributed by atoms with Crippen molar-refractivity contribution in [2.24, 2.45) is 12.5 Å². The molecule has 1 atom stereocenters. The number of piperidine rings is 1. The van der Waals surface area contributed by atoms with Crippen LogP contribution >= 0.6 is 0 Å². The standard InChI is InChI=1S/C15H21N3O4/c1-3-5-15(10-19)6-4-7-18(9-15)13(21)11-8-17(2)14(22)16-12(11)20/h3,8,19H,1,4-7,9-10H2,2H3,(H,16,20,22)/t15-/m0/s1. The molecule has 0 bridgehead atoms. The number of allylic oxidation sites excluding steroid dienone is 1. The Morgan fingerprint density at radius 3 is 2.91 bits per heavy atom. The number of hydrogen-bond acceptors (Lipinski definition) is 4. The van der Waals surface area contributed by atoms with E-state index in [2.05, 4.69) is 11.6 Å². The van der Waals surface area contributed by atoms with Crippen LogP contribution in [0, 0.1) is 5.41 Å². The second-order valence-electron chi connectivity index (χ2n) is 5.89. The molecule has 0 unspecified atom stereocenters. The first-order chi connectivity index (χ1) is 10.4. The van der Waals surface area contributed by atoms with Crippen molar-refractivity contribution in [2.75, 3.05) is 19.7 Å². The number of aliphatic hydroxyl groups is 1. The van der Waals surface area contributed by atoms with Gasteiger partial charge in [0.25, 0.3) is 11.5 Å². The lowest BCUT2D eigenvalue weighted by molar-refractivity contribution is 0.0283. The van der Waals surface area contributed by atoms with Gasteiger partial charge in [0.2, 0.25) is 0 Å². The molecule has 1 aromatic heterocycles. The van der Waals surface area contributed by atoms with Gasteiger partial charge < -0.3 is 14.6 Å². The average Bonchev–Trinajstić information content (AvgIpc) is 2.51. The zero-order valence-corrected chi connectivity index (χ0v) is 12.7. The molecule has 1 saturated heterocycles. The number of nitrogens with zero attached hydrogens (tertiary/aromatic N) is 2. The lowest BCUT2D eigenvalue weighted by Crippen LogP contribution is -2.49. The van der Waals surface area contributed by atoms with E-state index in [-0.39, 0.29) is 12.2 Å². The predicted molar refractivity (Wildman–Crippen MR) is 81.8 cm³/mol. The molecule has 0 aliphatic carbocycles. The van der Waals surface area contributed by atoms with E-state index >= 15 is 0 Å². The number of likely N-dealkylation sites (tertiary alicyclic amines) is 1. The first-order valence-corrected chi connectivity index (χ1v) is 7.23. The van der Waals surface area contributed by atoms with E-state index in [0.717, 1.165) is 12.8 Å². The van der Waals surface area contributed by atoms with Crippen molar-refractivity contribution in [1.29, 1.82) is 0 Å². The van der Waals surface area contributed by atoms with Crippen LogP contribution in [0.15, 0.2) is 28.4 Å². The number of carbonyl (C=O) groups is 1. The summed E-state index contributed by atoms with van der Waals surface area (Å²) in [6.45, 7) is 4.57. The molecule has 0 saturated carbocycles. The van der Waals surface area contributed by atoms with Crippen LogP contribution in [0.25, 0.3) is 0 Å². The van der Waals surface area contributed by atoms with Crippen LogP contribution in [0.4, 0.5) is 0 Å². The van der Waals surface area contributed by atoms with Crippen molar-refractivity contribution >= 4 is 5.91 Å². The van der Waals surface area contributed by atoms with Gasteiger partial charge in [-0.2, -0.15) is 0 Å². The number of aromatic amines is 1. The van der Waals surface area contributed by atoms with Gasteiger partial charge in [0, 0.05) is 31.7 Å². The van der Waals surface area contributed by atoms with Crippen LogP contribution in [-0.2, 0) is 7.05 Å². The fourth-order valence-electron chi connectivity index (χ4n) is 2.93. The second kappa shape index (κ2) is 6.31. The van der Waals surface area contributed by atoms with E-state index in [0.29, 0.717) is 19.5 Å². The fraction of sp³-hybridized carbons (Fsp3) is 0.533. The number of hydrogen-bond donors (Lipinski definition) is 2. The number of aliphatic hydroxyl groups excluding tert-OH is 1. The minimum atomic E-state index is -0.683. The summed E-state index contributed by atoms with van der Waals surface area (Å²) in [5, 5.41) is 9.68. The van der Waals surface area contributed by atoms with Crippen LogP contribution in [-0.4, -0.2) is 45.2 Å². The van der Waals surface area contributed by atoms with E-state index < -0.39 is 22.6 Å². The molecule has 7 nitrogen and oxygen atoms in total. The Balaban J connectivity index is 2.30. The first kappa shape index (κ1) is 16.2. The van der Waals surface area contributed by atoms with Gasteiger partial charge in [-0.1, -0.05) is 6.08 Å². The molecule has 1 aliphatic rings. The summed E-state index contributed by atoms with van der Waals surface area (Å²) in [7, 11) is 1.47. The number of aryl methyl sites for hydroxylation is 1. The third kappa shape index (κ3) is 3.04. The molecule has 2 N–H and O–H groups in total. The molecule has 0 radical (unpaired) electrons. The van der Waals surface area contributed by atoms with Crippen LogP contribution in [0.2, 0.25) is 0 Å². The Bertz CT molecular complexity index is 691.